The molecule has 0 radical (unpaired) electrons. The Labute approximate surface area is 86.0 Å². The van der Waals surface area contributed by atoms with Crippen molar-refractivity contribution in [3.05, 3.63) is 12.2 Å². The predicted molar refractivity (Wildman–Crippen MR) is 57.1 cm³/mol. The molecule has 80 valence electrons. The second-order valence-corrected chi connectivity index (χ2v) is 5.09. The summed E-state index contributed by atoms with van der Waals surface area (Å²) in [6.45, 7) is 9.97. The van der Waals surface area contributed by atoms with Crippen LogP contribution >= 0.6 is 0 Å². The Hall–Kier alpha value is -0.790. The fourth-order valence-electron chi connectivity index (χ4n) is 2.40. The van der Waals surface area contributed by atoms with Gasteiger partial charge in [-0.15, -0.1) is 6.58 Å². The number of hydrogen-bond acceptors (Lipinski definition) is 1. The molecular weight excluding hydrogens is 176 g/mol. The minimum atomic E-state index is -0.629. The summed E-state index contributed by atoms with van der Waals surface area (Å²) in [4.78, 5) is 10.9. The van der Waals surface area contributed by atoms with Gasteiger partial charge >= 0.3 is 5.97 Å². The van der Waals surface area contributed by atoms with E-state index in [0.29, 0.717) is 5.92 Å². The van der Waals surface area contributed by atoms with Crippen molar-refractivity contribution < 1.29 is 9.90 Å². The van der Waals surface area contributed by atoms with Crippen molar-refractivity contribution in [2.45, 2.75) is 40.0 Å². The molecule has 2 unspecified atom stereocenters. The number of hydrogen-bond donors (Lipinski definition) is 1. The van der Waals surface area contributed by atoms with Crippen LogP contribution in [0.4, 0.5) is 0 Å². The Balaban J connectivity index is 2.34. The maximum atomic E-state index is 10.9. The molecule has 0 spiro atoms. The van der Waals surface area contributed by atoms with E-state index >= 15 is 0 Å². The summed E-state index contributed by atoms with van der Waals surface area (Å²) in [5, 5.41) is 8.95. The van der Waals surface area contributed by atoms with Gasteiger partial charge in [-0.05, 0) is 37.5 Å². The SMILES string of the molecule is C=C(C)CCCC1C(C(=O)O)C1(C)C. The lowest BCUT2D eigenvalue weighted by Gasteiger charge is -2.01. The summed E-state index contributed by atoms with van der Waals surface area (Å²) >= 11 is 0. The molecule has 0 aromatic heterocycles. The molecule has 1 fully saturated rings. The number of carbonyl (C=O) groups is 1. The summed E-state index contributed by atoms with van der Waals surface area (Å²) in [7, 11) is 0. The minimum absolute atomic E-state index is 0.0148. The molecule has 1 N–H and O–H groups in total. The Kier molecular flexibility index (Phi) is 3.03. The van der Waals surface area contributed by atoms with Crippen LogP contribution in [-0.4, -0.2) is 11.1 Å². The van der Waals surface area contributed by atoms with E-state index in [1.165, 1.54) is 5.57 Å². The Morgan fingerprint density at radius 1 is 1.50 bits per heavy atom. The minimum Gasteiger partial charge on any atom is -0.481 e. The molecule has 0 aliphatic heterocycles. The molecule has 2 heteroatoms. The molecule has 1 aliphatic carbocycles. The number of carboxylic acids is 1. The first-order valence-electron chi connectivity index (χ1n) is 5.24. The lowest BCUT2D eigenvalue weighted by Crippen LogP contribution is -2.03. The van der Waals surface area contributed by atoms with Gasteiger partial charge in [-0.2, -0.15) is 0 Å². The summed E-state index contributed by atoms with van der Waals surface area (Å²) in [5.41, 5.74) is 1.20. The van der Waals surface area contributed by atoms with Crippen LogP contribution in [0.5, 0.6) is 0 Å². The molecular formula is C12H20O2. The zero-order valence-corrected chi connectivity index (χ0v) is 9.34. The molecule has 0 aromatic rings. The smallest absolute Gasteiger partial charge is 0.307 e. The van der Waals surface area contributed by atoms with Gasteiger partial charge in [0.25, 0.3) is 0 Å². The normalized spacial score (nSPS) is 28.5. The van der Waals surface area contributed by atoms with Gasteiger partial charge in [-0.3, -0.25) is 4.79 Å². The fourth-order valence-corrected chi connectivity index (χ4v) is 2.40. The molecule has 2 nitrogen and oxygen atoms in total. The first-order valence-corrected chi connectivity index (χ1v) is 5.24. The van der Waals surface area contributed by atoms with Gasteiger partial charge < -0.3 is 5.11 Å². The summed E-state index contributed by atoms with van der Waals surface area (Å²) in [6.07, 6.45) is 3.13. The molecule has 1 aliphatic rings. The van der Waals surface area contributed by atoms with Gasteiger partial charge in [0.15, 0.2) is 0 Å². The molecule has 0 amide bonds. The molecule has 1 saturated carbocycles. The van der Waals surface area contributed by atoms with Gasteiger partial charge in [-0.1, -0.05) is 19.4 Å². The number of allylic oxidation sites excluding steroid dienone is 1. The quantitative estimate of drug-likeness (QED) is 0.686. The van der Waals surface area contributed by atoms with Gasteiger partial charge in [0.1, 0.15) is 0 Å². The summed E-state index contributed by atoms with van der Waals surface area (Å²) in [5.74, 6) is -0.373. The molecule has 0 saturated heterocycles. The van der Waals surface area contributed by atoms with Crippen LogP contribution in [0, 0.1) is 17.3 Å². The standard InChI is InChI=1S/C12H20O2/c1-8(2)6-5-7-9-10(11(13)14)12(9,3)4/h9-10H,1,5-7H2,2-4H3,(H,13,14). The summed E-state index contributed by atoms with van der Waals surface area (Å²) < 4.78 is 0. The highest BCUT2D eigenvalue weighted by atomic mass is 16.4. The Morgan fingerprint density at radius 3 is 2.43 bits per heavy atom. The van der Waals surface area contributed by atoms with Crippen LogP contribution in [0.25, 0.3) is 0 Å². The zero-order valence-electron chi connectivity index (χ0n) is 9.34. The van der Waals surface area contributed by atoms with Gasteiger partial charge in [0.05, 0.1) is 5.92 Å². The first-order chi connectivity index (χ1) is 6.37. The van der Waals surface area contributed by atoms with Crippen LogP contribution < -0.4 is 0 Å². The van der Waals surface area contributed by atoms with Crippen molar-refractivity contribution in [2.24, 2.45) is 17.3 Å². The first kappa shape index (κ1) is 11.3. The summed E-state index contributed by atoms with van der Waals surface area (Å²) in [6, 6.07) is 0. The third-order valence-electron chi connectivity index (χ3n) is 3.44. The third-order valence-corrected chi connectivity index (χ3v) is 3.44. The molecule has 1 rings (SSSR count). The lowest BCUT2D eigenvalue weighted by atomic mass is 10.0. The predicted octanol–water partition coefficient (Wildman–Crippen LogP) is 3.09. The Bertz CT molecular complexity index is 253. The van der Waals surface area contributed by atoms with E-state index in [9.17, 15) is 4.79 Å². The Morgan fingerprint density at radius 2 is 2.07 bits per heavy atom. The van der Waals surface area contributed by atoms with Crippen molar-refractivity contribution in [3.8, 4) is 0 Å². The highest BCUT2D eigenvalue weighted by molar-refractivity contribution is 5.75. The van der Waals surface area contributed by atoms with E-state index in [-0.39, 0.29) is 11.3 Å². The number of carboxylic acid groups (broad SMARTS) is 1. The third kappa shape index (κ3) is 2.17. The van der Waals surface area contributed by atoms with Gasteiger partial charge in [0.2, 0.25) is 0 Å². The highest BCUT2D eigenvalue weighted by Gasteiger charge is 2.61. The monoisotopic (exact) mass is 196 g/mol. The van der Waals surface area contributed by atoms with E-state index < -0.39 is 5.97 Å². The average molecular weight is 196 g/mol. The maximum absolute atomic E-state index is 10.9. The molecule has 2 atom stereocenters. The molecule has 0 heterocycles. The largest absolute Gasteiger partial charge is 0.481 e. The van der Waals surface area contributed by atoms with E-state index in [1.54, 1.807) is 0 Å². The van der Waals surface area contributed by atoms with E-state index in [1.807, 2.05) is 6.92 Å². The van der Waals surface area contributed by atoms with E-state index in [2.05, 4.69) is 20.4 Å². The van der Waals surface area contributed by atoms with Gasteiger partial charge in [0, 0.05) is 0 Å². The van der Waals surface area contributed by atoms with Crippen LogP contribution in [0.15, 0.2) is 12.2 Å². The van der Waals surface area contributed by atoms with Crippen LogP contribution in [0.3, 0.4) is 0 Å². The van der Waals surface area contributed by atoms with E-state index in [0.717, 1.165) is 19.3 Å². The van der Waals surface area contributed by atoms with Crippen LogP contribution in [0.1, 0.15) is 40.0 Å². The second-order valence-electron chi connectivity index (χ2n) is 5.09. The highest BCUT2D eigenvalue weighted by Crippen LogP contribution is 2.60. The number of rotatable bonds is 5. The molecule has 14 heavy (non-hydrogen) atoms. The van der Waals surface area contributed by atoms with Gasteiger partial charge in [-0.25, -0.2) is 0 Å². The average Bonchev–Trinajstić information content (AvgIpc) is 2.52. The van der Waals surface area contributed by atoms with Crippen LogP contribution in [-0.2, 0) is 4.79 Å². The lowest BCUT2D eigenvalue weighted by molar-refractivity contribution is -0.139. The van der Waals surface area contributed by atoms with Crippen molar-refractivity contribution in [2.75, 3.05) is 0 Å². The van der Waals surface area contributed by atoms with Crippen LogP contribution in [0.2, 0.25) is 0 Å². The number of aliphatic carboxylic acids is 1. The molecule has 0 aromatic carbocycles. The van der Waals surface area contributed by atoms with Crippen molar-refractivity contribution in [1.29, 1.82) is 0 Å². The van der Waals surface area contributed by atoms with E-state index in [4.69, 9.17) is 5.11 Å². The topological polar surface area (TPSA) is 37.3 Å². The zero-order chi connectivity index (χ0) is 10.9. The fraction of sp³-hybridized carbons (Fsp3) is 0.750. The molecule has 0 bridgehead atoms. The maximum Gasteiger partial charge on any atom is 0.307 e. The van der Waals surface area contributed by atoms with Crippen molar-refractivity contribution in [1.82, 2.24) is 0 Å². The second kappa shape index (κ2) is 3.76. The van der Waals surface area contributed by atoms with Crippen molar-refractivity contribution >= 4 is 5.97 Å². The van der Waals surface area contributed by atoms with Crippen molar-refractivity contribution in [3.63, 3.8) is 0 Å².